The van der Waals surface area contributed by atoms with Crippen molar-refractivity contribution in [2.45, 2.75) is 38.8 Å². The molecule has 0 unspecified atom stereocenters. The van der Waals surface area contributed by atoms with Gasteiger partial charge in [0, 0.05) is 11.8 Å². The van der Waals surface area contributed by atoms with Gasteiger partial charge in [-0.15, -0.1) is 0 Å². The van der Waals surface area contributed by atoms with Gasteiger partial charge in [-0.2, -0.15) is 13.2 Å². The van der Waals surface area contributed by atoms with Crippen LogP contribution in [0.15, 0.2) is 42.5 Å². The topological polar surface area (TPSA) is 47.6 Å². The van der Waals surface area contributed by atoms with E-state index in [1.807, 2.05) is 0 Å². The maximum absolute atomic E-state index is 12.9. The van der Waals surface area contributed by atoms with Crippen molar-refractivity contribution in [3.05, 3.63) is 58.6 Å². The molecule has 0 saturated heterocycles. The van der Waals surface area contributed by atoms with Gasteiger partial charge in [-0.1, -0.05) is 43.9 Å². The second-order valence-corrected chi connectivity index (χ2v) is 7.24. The van der Waals surface area contributed by atoms with Crippen molar-refractivity contribution in [3.63, 3.8) is 0 Å². The predicted molar refractivity (Wildman–Crippen MR) is 117 cm³/mol. The second-order valence-electron chi connectivity index (χ2n) is 6.83. The van der Waals surface area contributed by atoms with Crippen LogP contribution in [0, 0.1) is 0 Å². The van der Waals surface area contributed by atoms with Gasteiger partial charge in [0.1, 0.15) is 0 Å². The molecule has 8 heteroatoms. The molecule has 0 atom stereocenters. The first-order valence-electron chi connectivity index (χ1n) is 9.91. The van der Waals surface area contributed by atoms with Gasteiger partial charge in [-0.3, -0.25) is 4.79 Å². The molecule has 0 spiro atoms. The Morgan fingerprint density at radius 3 is 2.55 bits per heavy atom. The number of anilines is 1. The first-order valence-corrected chi connectivity index (χ1v) is 10.3. The molecule has 0 saturated carbocycles. The van der Waals surface area contributed by atoms with Gasteiger partial charge in [-0.05, 0) is 48.4 Å². The van der Waals surface area contributed by atoms with Crippen LogP contribution in [0.5, 0.6) is 11.5 Å². The summed E-state index contributed by atoms with van der Waals surface area (Å²) in [6.45, 7) is 2.74. The number of amides is 1. The number of alkyl halides is 3. The van der Waals surface area contributed by atoms with Crippen LogP contribution in [0.4, 0.5) is 18.9 Å². The Hall–Kier alpha value is -2.67. The molecular weight excluding hydrogens is 431 g/mol. The number of carbonyl (C=O) groups is 1. The first kappa shape index (κ1) is 24.6. The third-order valence-corrected chi connectivity index (χ3v) is 4.74. The Labute approximate surface area is 185 Å². The van der Waals surface area contributed by atoms with E-state index < -0.39 is 22.7 Å². The van der Waals surface area contributed by atoms with E-state index in [4.69, 9.17) is 21.1 Å². The molecule has 2 aromatic carbocycles. The molecule has 0 bridgehead atoms. The lowest BCUT2D eigenvalue weighted by molar-refractivity contribution is -0.137. The van der Waals surface area contributed by atoms with E-state index in [0.717, 1.165) is 31.4 Å². The number of halogens is 4. The molecule has 0 radical (unpaired) electrons. The Balaban J connectivity index is 2.00. The third kappa shape index (κ3) is 7.83. The van der Waals surface area contributed by atoms with Gasteiger partial charge in [0.25, 0.3) is 0 Å². The Morgan fingerprint density at radius 1 is 1.10 bits per heavy atom. The SMILES string of the molecule is CCCCCCOc1ccc(/C=C/C(=O)Nc2ccc(Cl)c(C(F)(F)F)c2)cc1OC. The maximum atomic E-state index is 12.9. The van der Waals surface area contributed by atoms with E-state index in [9.17, 15) is 18.0 Å². The molecule has 168 valence electrons. The van der Waals surface area contributed by atoms with E-state index in [-0.39, 0.29) is 5.69 Å². The van der Waals surface area contributed by atoms with Crippen molar-refractivity contribution < 1.29 is 27.4 Å². The number of rotatable bonds is 10. The summed E-state index contributed by atoms with van der Waals surface area (Å²) in [5, 5.41) is 1.97. The Bertz CT molecular complexity index is 913. The fourth-order valence-corrected chi connectivity index (χ4v) is 3.02. The molecule has 2 rings (SSSR count). The number of hydrogen-bond donors (Lipinski definition) is 1. The molecule has 1 amide bonds. The summed E-state index contributed by atoms with van der Waals surface area (Å²) in [5.41, 5.74) is -0.334. The predicted octanol–water partition coefficient (Wildman–Crippen LogP) is 6.98. The minimum Gasteiger partial charge on any atom is -0.493 e. The molecule has 31 heavy (non-hydrogen) atoms. The zero-order chi connectivity index (χ0) is 22.9. The fourth-order valence-electron chi connectivity index (χ4n) is 2.79. The van der Waals surface area contributed by atoms with Crippen LogP contribution in [0.25, 0.3) is 6.08 Å². The second kappa shape index (κ2) is 11.6. The van der Waals surface area contributed by atoms with Gasteiger partial charge in [0.15, 0.2) is 11.5 Å². The van der Waals surface area contributed by atoms with Gasteiger partial charge < -0.3 is 14.8 Å². The van der Waals surface area contributed by atoms with Crippen molar-refractivity contribution >= 4 is 29.3 Å². The van der Waals surface area contributed by atoms with Gasteiger partial charge in [0.05, 0.1) is 24.3 Å². The van der Waals surface area contributed by atoms with Crippen LogP contribution >= 0.6 is 11.6 Å². The van der Waals surface area contributed by atoms with Crippen LogP contribution in [0.2, 0.25) is 5.02 Å². The van der Waals surface area contributed by atoms with Crippen molar-refractivity contribution in [2.24, 2.45) is 0 Å². The third-order valence-electron chi connectivity index (χ3n) is 4.41. The largest absolute Gasteiger partial charge is 0.493 e. The van der Waals surface area contributed by atoms with Crippen LogP contribution in [-0.2, 0) is 11.0 Å². The monoisotopic (exact) mass is 455 g/mol. The van der Waals surface area contributed by atoms with Crippen molar-refractivity contribution in [1.82, 2.24) is 0 Å². The summed E-state index contributed by atoms with van der Waals surface area (Å²) in [4.78, 5) is 12.1. The van der Waals surface area contributed by atoms with E-state index in [1.54, 1.807) is 18.2 Å². The van der Waals surface area contributed by atoms with Gasteiger partial charge in [0.2, 0.25) is 5.91 Å². The quantitative estimate of drug-likeness (QED) is 0.310. The average Bonchev–Trinajstić information content (AvgIpc) is 2.73. The van der Waals surface area contributed by atoms with Crippen LogP contribution in [-0.4, -0.2) is 19.6 Å². The highest BCUT2D eigenvalue weighted by molar-refractivity contribution is 6.31. The lowest BCUT2D eigenvalue weighted by Crippen LogP contribution is -2.11. The number of methoxy groups -OCH3 is 1. The van der Waals surface area contributed by atoms with Gasteiger partial charge in [-0.25, -0.2) is 0 Å². The molecule has 2 aromatic rings. The van der Waals surface area contributed by atoms with Crippen LogP contribution in [0.3, 0.4) is 0 Å². The number of hydrogen-bond acceptors (Lipinski definition) is 3. The van der Waals surface area contributed by atoms with Crippen LogP contribution < -0.4 is 14.8 Å². The van der Waals surface area contributed by atoms with Crippen LogP contribution in [0.1, 0.15) is 43.7 Å². The smallest absolute Gasteiger partial charge is 0.417 e. The van der Waals surface area contributed by atoms with E-state index >= 15 is 0 Å². The molecule has 0 aliphatic carbocycles. The van der Waals surface area contributed by atoms with Crippen molar-refractivity contribution in [1.29, 1.82) is 0 Å². The Kier molecular flexibility index (Phi) is 9.24. The zero-order valence-electron chi connectivity index (χ0n) is 17.4. The highest BCUT2D eigenvalue weighted by Crippen LogP contribution is 2.36. The molecular formula is C23H25ClF3NO3. The highest BCUT2D eigenvalue weighted by atomic mass is 35.5. The average molecular weight is 456 g/mol. The first-order chi connectivity index (χ1) is 14.7. The summed E-state index contributed by atoms with van der Waals surface area (Å²) in [6.07, 6.45) is 2.53. The minimum absolute atomic E-state index is 0.00391. The molecule has 4 nitrogen and oxygen atoms in total. The molecule has 0 fully saturated rings. The summed E-state index contributed by atoms with van der Waals surface area (Å²) in [6, 6.07) is 8.43. The standard InChI is InChI=1S/C23H25ClF3NO3/c1-3-4-5-6-13-31-20-11-7-16(14-21(20)30-2)8-12-22(29)28-17-9-10-19(24)18(15-17)23(25,26)27/h7-12,14-15H,3-6,13H2,1-2H3,(H,28,29)/b12-8+. The molecule has 0 aliphatic heterocycles. The van der Waals surface area contributed by atoms with E-state index in [2.05, 4.69) is 12.2 Å². The van der Waals surface area contributed by atoms with Crippen molar-refractivity contribution in [2.75, 3.05) is 19.0 Å². The molecule has 1 N–H and O–H groups in total. The summed E-state index contributed by atoms with van der Waals surface area (Å²) < 4.78 is 49.9. The van der Waals surface area contributed by atoms with E-state index in [0.29, 0.717) is 23.7 Å². The fraction of sp³-hybridized carbons (Fsp3) is 0.348. The lowest BCUT2D eigenvalue weighted by Gasteiger charge is -2.11. The molecule has 0 aliphatic rings. The maximum Gasteiger partial charge on any atom is 0.417 e. The normalized spacial score (nSPS) is 11.5. The number of unbranched alkanes of at least 4 members (excludes halogenated alkanes) is 3. The molecule has 0 aromatic heterocycles. The summed E-state index contributed by atoms with van der Waals surface area (Å²) in [7, 11) is 1.53. The number of benzene rings is 2. The van der Waals surface area contributed by atoms with E-state index in [1.165, 1.54) is 31.7 Å². The van der Waals surface area contributed by atoms with Crippen molar-refractivity contribution in [3.8, 4) is 11.5 Å². The van der Waals surface area contributed by atoms with Gasteiger partial charge >= 0.3 is 6.18 Å². The zero-order valence-corrected chi connectivity index (χ0v) is 18.1. The number of nitrogens with one attached hydrogen (secondary N) is 1. The highest BCUT2D eigenvalue weighted by Gasteiger charge is 2.33. The number of carbonyl (C=O) groups excluding carboxylic acids is 1. The summed E-state index contributed by atoms with van der Waals surface area (Å²) in [5.74, 6) is 0.567. The minimum atomic E-state index is -4.61. The number of ether oxygens (including phenoxy) is 2. The summed E-state index contributed by atoms with van der Waals surface area (Å²) >= 11 is 5.59. The lowest BCUT2D eigenvalue weighted by atomic mass is 10.1. The Morgan fingerprint density at radius 2 is 1.87 bits per heavy atom. The molecule has 0 heterocycles.